The van der Waals surface area contributed by atoms with E-state index in [-0.39, 0.29) is 0 Å². The Morgan fingerprint density at radius 3 is 2.71 bits per heavy atom. The summed E-state index contributed by atoms with van der Waals surface area (Å²) in [7, 11) is 0. The van der Waals surface area contributed by atoms with E-state index in [0.29, 0.717) is 0 Å². The number of fused-ring (bicyclic) bond motifs is 1. The summed E-state index contributed by atoms with van der Waals surface area (Å²) in [6.07, 6.45) is 7.65. The van der Waals surface area contributed by atoms with E-state index in [1.807, 2.05) is 18.2 Å². The van der Waals surface area contributed by atoms with E-state index in [1.54, 1.807) is 12.4 Å². The van der Waals surface area contributed by atoms with Gasteiger partial charge in [0.1, 0.15) is 11.9 Å². The molecule has 1 aliphatic rings. The van der Waals surface area contributed by atoms with E-state index in [9.17, 15) is 5.11 Å². The van der Waals surface area contributed by atoms with Crippen molar-refractivity contribution in [3.63, 3.8) is 0 Å². The van der Waals surface area contributed by atoms with Gasteiger partial charge < -0.3 is 5.11 Å². The average molecular weight is 226 g/mol. The largest absolute Gasteiger partial charge is 0.380 e. The summed E-state index contributed by atoms with van der Waals surface area (Å²) >= 11 is 0. The van der Waals surface area contributed by atoms with E-state index in [1.165, 1.54) is 11.9 Å². The van der Waals surface area contributed by atoms with E-state index in [0.717, 1.165) is 30.4 Å². The first kappa shape index (κ1) is 10.4. The minimum absolute atomic E-state index is 0.734. The fourth-order valence-corrected chi connectivity index (χ4v) is 2.62. The Morgan fingerprint density at radius 1 is 1.12 bits per heavy atom. The van der Waals surface area contributed by atoms with Crippen molar-refractivity contribution in [3.8, 4) is 0 Å². The molecule has 3 rings (SSSR count). The van der Waals surface area contributed by atoms with Gasteiger partial charge in [-0.25, -0.2) is 9.97 Å². The van der Waals surface area contributed by atoms with Gasteiger partial charge in [0.25, 0.3) is 0 Å². The van der Waals surface area contributed by atoms with Crippen molar-refractivity contribution >= 4 is 0 Å². The molecule has 0 fully saturated rings. The van der Waals surface area contributed by atoms with Gasteiger partial charge in [-0.15, -0.1) is 0 Å². The molecule has 0 amide bonds. The van der Waals surface area contributed by atoms with Crippen molar-refractivity contribution in [2.24, 2.45) is 0 Å². The van der Waals surface area contributed by atoms with Gasteiger partial charge in [-0.3, -0.25) is 0 Å². The predicted octanol–water partition coefficient (Wildman–Crippen LogP) is 2.05. The second-order valence-electron chi connectivity index (χ2n) is 4.50. The summed E-state index contributed by atoms with van der Waals surface area (Å²) in [5.41, 5.74) is 2.09. The van der Waals surface area contributed by atoms with E-state index in [2.05, 4.69) is 16.0 Å². The van der Waals surface area contributed by atoms with Gasteiger partial charge in [0, 0.05) is 18.0 Å². The molecule has 3 nitrogen and oxygen atoms in total. The molecule has 2 aromatic rings. The Hall–Kier alpha value is -1.74. The first-order chi connectivity index (χ1) is 8.31. The molecule has 0 bridgehead atoms. The molecular weight excluding hydrogens is 212 g/mol. The minimum Gasteiger partial charge on any atom is -0.380 e. The van der Waals surface area contributed by atoms with E-state index >= 15 is 0 Å². The third-order valence-electron chi connectivity index (χ3n) is 3.49. The topological polar surface area (TPSA) is 46.0 Å². The third-order valence-corrected chi connectivity index (χ3v) is 3.49. The number of rotatable bonds is 1. The predicted molar refractivity (Wildman–Crippen MR) is 64.4 cm³/mol. The Kier molecular flexibility index (Phi) is 2.41. The number of hydrogen-bond donors (Lipinski definition) is 1. The van der Waals surface area contributed by atoms with Crippen LogP contribution < -0.4 is 0 Å². The SMILES string of the molecule is OC1(c2cncnc2)CCCc2ccccc21. The van der Waals surface area contributed by atoms with Gasteiger partial charge in [0.2, 0.25) is 0 Å². The number of aliphatic hydroxyl groups is 1. The smallest absolute Gasteiger partial charge is 0.118 e. The zero-order valence-corrected chi connectivity index (χ0v) is 9.50. The van der Waals surface area contributed by atoms with Crippen LogP contribution in [-0.2, 0) is 12.0 Å². The molecule has 1 unspecified atom stereocenters. The van der Waals surface area contributed by atoms with Crippen molar-refractivity contribution in [1.82, 2.24) is 9.97 Å². The molecule has 1 aliphatic carbocycles. The summed E-state index contributed by atoms with van der Waals surface area (Å²) < 4.78 is 0. The first-order valence-corrected chi connectivity index (χ1v) is 5.87. The highest BCUT2D eigenvalue weighted by Gasteiger charge is 2.36. The van der Waals surface area contributed by atoms with Gasteiger partial charge in [-0.2, -0.15) is 0 Å². The maximum absolute atomic E-state index is 10.9. The number of aromatic nitrogens is 2. The van der Waals surface area contributed by atoms with E-state index < -0.39 is 5.60 Å². The normalized spacial score (nSPS) is 23.1. The standard InChI is InChI=1S/C14H14N2O/c17-14(12-8-15-10-16-9-12)7-3-5-11-4-1-2-6-13(11)14/h1-2,4,6,8-10,17H,3,5,7H2. The fraction of sp³-hybridized carbons (Fsp3) is 0.286. The summed E-state index contributed by atoms with van der Waals surface area (Å²) in [6.45, 7) is 0. The lowest BCUT2D eigenvalue weighted by molar-refractivity contribution is 0.0608. The molecule has 0 aliphatic heterocycles. The Balaban J connectivity index is 2.16. The number of benzene rings is 1. The van der Waals surface area contributed by atoms with Crippen LogP contribution in [0.2, 0.25) is 0 Å². The average Bonchev–Trinajstić information content (AvgIpc) is 2.40. The summed E-state index contributed by atoms with van der Waals surface area (Å²) in [5, 5.41) is 10.9. The summed E-state index contributed by atoms with van der Waals surface area (Å²) in [6, 6.07) is 8.08. The number of hydrogen-bond acceptors (Lipinski definition) is 3. The molecule has 0 spiro atoms. The monoisotopic (exact) mass is 226 g/mol. The van der Waals surface area contributed by atoms with Crippen LogP contribution in [0.5, 0.6) is 0 Å². The highest BCUT2D eigenvalue weighted by atomic mass is 16.3. The van der Waals surface area contributed by atoms with Crippen molar-refractivity contribution in [1.29, 1.82) is 0 Å². The van der Waals surface area contributed by atoms with Crippen LogP contribution in [0, 0.1) is 0 Å². The van der Waals surface area contributed by atoms with Crippen molar-refractivity contribution < 1.29 is 5.11 Å². The second-order valence-corrected chi connectivity index (χ2v) is 4.50. The quantitative estimate of drug-likeness (QED) is 0.809. The molecule has 0 saturated heterocycles. The third kappa shape index (κ3) is 1.63. The molecule has 1 N–H and O–H groups in total. The highest BCUT2D eigenvalue weighted by Crippen LogP contribution is 2.39. The number of nitrogens with zero attached hydrogens (tertiary/aromatic N) is 2. The summed E-state index contributed by atoms with van der Waals surface area (Å²) in [4.78, 5) is 8.01. The van der Waals surface area contributed by atoms with Crippen LogP contribution in [0.1, 0.15) is 29.5 Å². The van der Waals surface area contributed by atoms with Crippen LogP contribution >= 0.6 is 0 Å². The van der Waals surface area contributed by atoms with Crippen LogP contribution in [0.25, 0.3) is 0 Å². The van der Waals surface area contributed by atoms with Crippen molar-refractivity contribution in [3.05, 3.63) is 59.7 Å². The fourth-order valence-electron chi connectivity index (χ4n) is 2.62. The molecule has 0 radical (unpaired) electrons. The Morgan fingerprint density at radius 2 is 1.88 bits per heavy atom. The van der Waals surface area contributed by atoms with Gasteiger partial charge in [-0.1, -0.05) is 24.3 Å². The van der Waals surface area contributed by atoms with Gasteiger partial charge >= 0.3 is 0 Å². The zero-order chi connectivity index (χ0) is 11.7. The van der Waals surface area contributed by atoms with Gasteiger partial charge in [0.05, 0.1) is 0 Å². The van der Waals surface area contributed by atoms with Gasteiger partial charge in [0.15, 0.2) is 0 Å². The van der Waals surface area contributed by atoms with Crippen LogP contribution in [0.3, 0.4) is 0 Å². The van der Waals surface area contributed by atoms with Gasteiger partial charge in [-0.05, 0) is 30.4 Å². The van der Waals surface area contributed by atoms with Crippen molar-refractivity contribution in [2.75, 3.05) is 0 Å². The zero-order valence-electron chi connectivity index (χ0n) is 9.50. The van der Waals surface area contributed by atoms with Crippen LogP contribution in [0.15, 0.2) is 43.0 Å². The van der Waals surface area contributed by atoms with Crippen LogP contribution in [-0.4, -0.2) is 15.1 Å². The lowest BCUT2D eigenvalue weighted by atomic mass is 9.76. The lowest BCUT2D eigenvalue weighted by Gasteiger charge is -2.34. The van der Waals surface area contributed by atoms with Crippen LogP contribution in [0.4, 0.5) is 0 Å². The second kappa shape index (κ2) is 3.93. The highest BCUT2D eigenvalue weighted by molar-refractivity contribution is 5.41. The Labute approximate surface area is 100 Å². The van der Waals surface area contributed by atoms with E-state index in [4.69, 9.17) is 0 Å². The lowest BCUT2D eigenvalue weighted by Crippen LogP contribution is -2.32. The molecule has 1 aromatic carbocycles. The molecule has 17 heavy (non-hydrogen) atoms. The minimum atomic E-state index is -0.921. The number of aryl methyl sites for hydroxylation is 1. The molecule has 1 atom stereocenters. The van der Waals surface area contributed by atoms with Crippen molar-refractivity contribution in [2.45, 2.75) is 24.9 Å². The molecule has 1 aromatic heterocycles. The molecule has 86 valence electrons. The first-order valence-electron chi connectivity index (χ1n) is 5.87. The summed E-state index contributed by atoms with van der Waals surface area (Å²) in [5.74, 6) is 0. The Bertz CT molecular complexity index is 527. The molecular formula is C14H14N2O. The molecule has 0 saturated carbocycles. The maximum Gasteiger partial charge on any atom is 0.118 e. The maximum atomic E-state index is 10.9. The molecule has 3 heteroatoms. The molecule has 1 heterocycles.